The maximum atomic E-state index is 9.36. The lowest BCUT2D eigenvalue weighted by Crippen LogP contribution is -2.28. The quantitative estimate of drug-likeness (QED) is 0.861. The number of ether oxygens (including phenoxy) is 1. The molecule has 1 aliphatic carbocycles. The summed E-state index contributed by atoms with van der Waals surface area (Å²) in [5.74, 6) is 1.03. The normalized spacial score (nSPS) is 19.6. The maximum Gasteiger partial charge on any atom is 0.122 e. The number of aliphatic hydroxyl groups excluding tert-OH is 1. The van der Waals surface area contributed by atoms with Crippen molar-refractivity contribution in [1.82, 2.24) is 0 Å². The third-order valence-corrected chi connectivity index (χ3v) is 3.98. The first-order valence-corrected chi connectivity index (χ1v) is 6.30. The largest absolute Gasteiger partial charge is 0.493 e. The topological polar surface area (TPSA) is 32.7 Å². The summed E-state index contributed by atoms with van der Waals surface area (Å²) in [5.41, 5.74) is 2.71. The van der Waals surface area contributed by atoms with Crippen LogP contribution in [0.5, 0.6) is 5.75 Å². The molecule has 1 saturated carbocycles. The van der Waals surface area contributed by atoms with Crippen molar-refractivity contribution in [2.45, 2.75) is 19.3 Å². The summed E-state index contributed by atoms with van der Waals surface area (Å²) in [4.78, 5) is 2.25. The van der Waals surface area contributed by atoms with Crippen LogP contribution in [0.25, 0.3) is 0 Å². The Hall–Kier alpha value is -1.22. The molecule has 1 aromatic rings. The predicted octanol–water partition coefficient (Wildman–Crippen LogP) is 1.83. The molecular weight excluding hydrogens is 214 g/mol. The van der Waals surface area contributed by atoms with Crippen LogP contribution in [0.15, 0.2) is 18.2 Å². The van der Waals surface area contributed by atoms with Crippen LogP contribution < -0.4 is 9.64 Å². The fraction of sp³-hybridized carbons (Fsp3) is 0.571. The van der Waals surface area contributed by atoms with E-state index in [0.717, 1.165) is 38.2 Å². The molecule has 1 heterocycles. The molecule has 1 aromatic carbocycles. The highest BCUT2D eigenvalue weighted by Crippen LogP contribution is 2.46. The molecule has 17 heavy (non-hydrogen) atoms. The molecule has 0 amide bonds. The summed E-state index contributed by atoms with van der Waals surface area (Å²) in [5, 5.41) is 9.36. The second kappa shape index (κ2) is 3.91. The minimum Gasteiger partial charge on any atom is -0.493 e. The van der Waals surface area contributed by atoms with Gasteiger partial charge in [-0.3, -0.25) is 0 Å². The molecule has 3 heteroatoms. The van der Waals surface area contributed by atoms with Gasteiger partial charge in [-0.2, -0.15) is 0 Å². The van der Waals surface area contributed by atoms with Crippen molar-refractivity contribution in [3.05, 3.63) is 23.8 Å². The van der Waals surface area contributed by atoms with Crippen molar-refractivity contribution < 1.29 is 9.84 Å². The van der Waals surface area contributed by atoms with Crippen molar-refractivity contribution >= 4 is 5.69 Å². The van der Waals surface area contributed by atoms with Gasteiger partial charge in [0.1, 0.15) is 5.75 Å². The Morgan fingerprint density at radius 2 is 2.24 bits per heavy atom. The molecule has 3 rings (SSSR count). The molecule has 0 unspecified atom stereocenters. The molecule has 2 aliphatic rings. The Bertz CT molecular complexity index is 426. The molecule has 0 bridgehead atoms. The van der Waals surface area contributed by atoms with Crippen molar-refractivity contribution in [3.8, 4) is 5.75 Å². The molecular formula is C14H19NO2. The van der Waals surface area contributed by atoms with Gasteiger partial charge in [0.05, 0.1) is 13.2 Å². The van der Waals surface area contributed by atoms with E-state index in [1.807, 2.05) is 0 Å². The number of rotatable bonds is 4. The van der Waals surface area contributed by atoms with E-state index in [9.17, 15) is 5.11 Å². The van der Waals surface area contributed by atoms with Crippen LogP contribution in [0.2, 0.25) is 0 Å². The summed E-state index contributed by atoms with van der Waals surface area (Å²) in [6.45, 7) is 2.07. The van der Waals surface area contributed by atoms with E-state index in [0.29, 0.717) is 6.61 Å². The standard InChI is InChI=1S/C14H19NO2/c1-15(9-14(10-16)5-6-14)12-2-3-13-11(8-12)4-7-17-13/h2-3,8,16H,4-7,9-10H2,1H3. The van der Waals surface area contributed by atoms with E-state index >= 15 is 0 Å². The van der Waals surface area contributed by atoms with Crippen molar-refractivity contribution in [2.24, 2.45) is 5.41 Å². The molecule has 0 saturated heterocycles. The van der Waals surface area contributed by atoms with Gasteiger partial charge in [-0.05, 0) is 36.6 Å². The molecule has 0 spiro atoms. The smallest absolute Gasteiger partial charge is 0.122 e. The molecule has 3 nitrogen and oxygen atoms in total. The number of hydrogen-bond donors (Lipinski definition) is 1. The Balaban J connectivity index is 1.75. The fourth-order valence-electron chi connectivity index (χ4n) is 2.55. The highest BCUT2D eigenvalue weighted by molar-refractivity contribution is 5.54. The van der Waals surface area contributed by atoms with Crippen molar-refractivity contribution in [2.75, 3.05) is 31.7 Å². The highest BCUT2D eigenvalue weighted by Gasteiger charge is 2.42. The van der Waals surface area contributed by atoms with Crippen LogP contribution in [0.3, 0.4) is 0 Å². The third-order valence-electron chi connectivity index (χ3n) is 3.98. The molecule has 1 N–H and O–H groups in total. The van der Waals surface area contributed by atoms with E-state index in [4.69, 9.17) is 4.74 Å². The zero-order valence-electron chi connectivity index (χ0n) is 10.3. The Labute approximate surface area is 102 Å². The minimum absolute atomic E-state index is 0.171. The molecule has 1 aliphatic heterocycles. The van der Waals surface area contributed by atoms with Gasteiger partial charge in [0, 0.05) is 31.1 Å². The van der Waals surface area contributed by atoms with Gasteiger partial charge in [-0.1, -0.05) is 0 Å². The van der Waals surface area contributed by atoms with Crippen LogP contribution >= 0.6 is 0 Å². The Kier molecular flexibility index (Phi) is 2.51. The van der Waals surface area contributed by atoms with Gasteiger partial charge in [0.25, 0.3) is 0 Å². The summed E-state index contributed by atoms with van der Waals surface area (Å²) < 4.78 is 5.51. The monoisotopic (exact) mass is 233 g/mol. The highest BCUT2D eigenvalue weighted by atomic mass is 16.5. The number of nitrogens with zero attached hydrogens (tertiary/aromatic N) is 1. The number of anilines is 1. The summed E-state index contributed by atoms with van der Waals surface area (Å²) >= 11 is 0. The lowest BCUT2D eigenvalue weighted by atomic mass is 10.1. The first kappa shape index (κ1) is 10.9. The number of fused-ring (bicyclic) bond motifs is 1. The van der Waals surface area contributed by atoms with Crippen molar-refractivity contribution in [3.63, 3.8) is 0 Å². The van der Waals surface area contributed by atoms with Gasteiger partial charge >= 0.3 is 0 Å². The van der Waals surface area contributed by atoms with Gasteiger partial charge < -0.3 is 14.7 Å². The van der Waals surface area contributed by atoms with Crippen LogP contribution in [0.4, 0.5) is 5.69 Å². The second-order valence-corrected chi connectivity index (χ2v) is 5.40. The van der Waals surface area contributed by atoms with Crippen LogP contribution in [0.1, 0.15) is 18.4 Å². The van der Waals surface area contributed by atoms with E-state index in [-0.39, 0.29) is 5.41 Å². The predicted molar refractivity (Wildman–Crippen MR) is 67.7 cm³/mol. The first-order chi connectivity index (χ1) is 8.22. The van der Waals surface area contributed by atoms with Crippen LogP contribution in [0, 0.1) is 5.41 Å². The van der Waals surface area contributed by atoms with E-state index in [1.165, 1.54) is 11.3 Å². The zero-order chi connectivity index (χ0) is 11.9. The fourth-order valence-corrected chi connectivity index (χ4v) is 2.55. The van der Waals surface area contributed by atoms with Crippen LogP contribution in [-0.2, 0) is 6.42 Å². The number of hydrogen-bond acceptors (Lipinski definition) is 3. The lowest BCUT2D eigenvalue weighted by Gasteiger charge is -2.24. The third kappa shape index (κ3) is 2.00. The van der Waals surface area contributed by atoms with Crippen molar-refractivity contribution in [1.29, 1.82) is 0 Å². The Morgan fingerprint density at radius 3 is 2.94 bits per heavy atom. The first-order valence-electron chi connectivity index (χ1n) is 6.30. The average Bonchev–Trinajstić information content (AvgIpc) is 2.96. The van der Waals surface area contributed by atoms with Gasteiger partial charge in [0.2, 0.25) is 0 Å². The lowest BCUT2D eigenvalue weighted by molar-refractivity contribution is 0.215. The number of aliphatic hydroxyl groups is 1. The molecule has 0 atom stereocenters. The minimum atomic E-state index is 0.171. The SMILES string of the molecule is CN(CC1(CO)CC1)c1ccc2c(c1)CCO2. The molecule has 0 radical (unpaired) electrons. The van der Waals surface area contributed by atoms with E-state index < -0.39 is 0 Å². The zero-order valence-corrected chi connectivity index (χ0v) is 10.3. The number of benzene rings is 1. The van der Waals surface area contributed by atoms with E-state index in [1.54, 1.807) is 0 Å². The maximum absolute atomic E-state index is 9.36. The molecule has 0 aromatic heterocycles. The summed E-state index contributed by atoms with van der Waals surface area (Å²) in [6.07, 6.45) is 3.33. The van der Waals surface area contributed by atoms with E-state index in [2.05, 4.69) is 30.1 Å². The Morgan fingerprint density at radius 1 is 1.41 bits per heavy atom. The van der Waals surface area contributed by atoms with Gasteiger partial charge in [-0.25, -0.2) is 0 Å². The molecule has 92 valence electrons. The molecule has 1 fully saturated rings. The average molecular weight is 233 g/mol. The second-order valence-electron chi connectivity index (χ2n) is 5.40. The van der Waals surface area contributed by atoms with Crippen LogP contribution in [-0.4, -0.2) is 31.9 Å². The van der Waals surface area contributed by atoms with Gasteiger partial charge in [0.15, 0.2) is 0 Å². The van der Waals surface area contributed by atoms with Gasteiger partial charge in [-0.15, -0.1) is 0 Å². The summed E-state index contributed by atoms with van der Waals surface area (Å²) in [7, 11) is 2.10. The summed E-state index contributed by atoms with van der Waals surface area (Å²) in [6, 6.07) is 6.39.